The van der Waals surface area contributed by atoms with Gasteiger partial charge in [-0.05, 0) is 36.2 Å². The average Bonchev–Trinajstić information content (AvgIpc) is 2.58. The second kappa shape index (κ2) is 3.03. The molecule has 0 saturated carbocycles. The van der Waals surface area contributed by atoms with Gasteiger partial charge in [0.15, 0.2) is 0 Å². The molecule has 62 valence electrons. The topological polar surface area (TPSA) is 0 Å². The lowest BCUT2D eigenvalue weighted by molar-refractivity contribution is 1.12. The molecule has 2 aliphatic rings. The van der Waals surface area contributed by atoms with E-state index in [1.54, 1.807) is 0 Å². The standard InChI is InChI=1S/C11H13P/c1-8-2-3-9(6-8)10-4-5-11(12)7-10/h2-5H,6-7,12H2,1H3. The van der Waals surface area contributed by atoms with Crippen molar-refractivity contribution in [2.45, 2.75) is 19.8 Å². The maximum atomic E-state index is 2.78. The molecule has 0 N–H and O–H groups in total. The van der Waals surface area contributed by atoms with Crippen LogP contribution in [0.15, 0.2) is 46.3 Å². The maximum absolute atomic E-state index is 2.78. The van der Waals surface area contributed by atoms with E-state index in [0.29, 0.717) is 0 Å². The quantitative estimate of drug-likeness (QED) is 0.537. The maximum Gasteiger partial charge on any atom is -0.00237 e. The van der Waals surface area contributed by atoms with Crippen molar-refractivity contribution in [3.05, 3.63) is 46.3 Å². The molecule has 0 aliphatic heterocycles. The first-order chi connectivity index (χ1) is 5.75. The highest BCUT2D eigenvalue weighted by molar-refractivity contribution is 7.22. The summed E-state index contributed by atoms with van der Waals surface area (Å²) in [5.41, 5.74) is 4.47. The van der Waals surface area contributed by atoms with Crippen LogP contribution in [0.4, 0.5) is 0 Å². The molecule has 0 spiro atoms. The number of rotatable bonds is 1. The average molecular weight is 176 g/mol. The van der Waals surface area contributed by atoms with Gasteiger partial charge >= 0.3 is 0 Å². The molecule has 0 bridgehead atoms. The van der Waals surface area contributed by atoms with Gasteiger partial charge in [0.05, 0.1) is 0 Å². The monoisotopic (exact) mass is 176 g/mol. The van der Waals surface area contributed by atoms with Gasteiger partial charge in [-0.15, -0.1) is 9.24 Å². The van der Waals surface area contributed by atoms with Crippen LogP contribution in [0.2, 0.25) is 0 Å². The number of hydrogen-bond donors (Lipinski definition) is 0. The van der Waals surface area contributed by atoms with E-state index in [0.717, 1.165) is 12.8 Å². The number of hydrogen-bond acceptors (Lipinski definition) is 0. The molecule has 12 heavy (non-hydrogen) atoms. The van der Waals surface area contributed by atoms with Crippen LogP contribution in [0.5, 0.6) is 0 Å². The van der Waals surface area contributed by atoms with Crippen molar-refractivity contribution in [2.75, 3.05) is 0 Å². The Kier molecular flexibility index (Phi) is 2.02. The Labute approximate surface area is 75.9 Å². The summed E-state index contributed by atoms with van der Waals surface area (Å²) in [7, 11) is 2.78. The van der Waals surface area contributed by atoms with Crippen molar-refractivity contribution in [3.8, 4) is 0 Å². The molecule has 0 fully saturated rings. The Morgan fingerprint density at radius 2 is 1.67 bits per heavy atom. The fraction of sp³-hybridized carbons (Fsp3) is 0.273. The highest BCUT2D eigenvalue weighted by atomic mass is 31.0. The van der Waals surface area contributed by atoms with Gasteiger partial charge < -0.3 is 0 Å². The summed E-state index contributed by atoms with van der Waals surface area (Å²) >= 11 is 0. The first-order valence-electron chi connectivity index (χ1n) is 4.27. The van der Waals surface area contributed by atoms with Crippen molar-refractivity contribution in [1.82, 2.24) is 0 Å². The van der Waals surface area contributed by atoms with Gasteiger partial charge in [-0.2, -0.15) is 0 Å². The SMILES string of the molecule is CC1=CC=C(C2=CC=C(P)C2)C1. The zero-order valence-electron chi connectivity index (χ0n) is 7.30. The van der Waals surface area contributed by atoms with E-state index < -0.39 is 0 Å². The summed E-state index contributed by atoms with van der Waals surface area (Å²) in [5.74, 6) is 0. The largest absolute Gasteiger partial charge is 0.110 e. The molecule has 0 heterocycles. The molecular weight excluding hydrogens is 163 g/mol. The van der Waals surface area contributed by atoms with Crippen LogP contribution in [-0.2, 0) is 0 Å². The second-order valence-corrected chi connectivity index (χ2v) is 4.23. The van der Waals surface area contributed by atoms with Crippen molar-refractivity contribution in [3.63, 3.8) is 0 Å². The predicted octanol–water partition coefficient (Wildman–Crippen LogP) is 3.35. The molecule has 1 heteroatoms. The van der Waals surface area contributed by atoms with Crippen LogP contribution in [0.25, 0.3) is 0 Å². The molecule has 0 amide bonds. The molecule has 0 radical (unpaired) electrons. The molecule has 2 rings (SSSR count). The van der Waals surface area contributed by atoms with Crippen LogP contribution >= 0.6 is 9.24 Å². The first kappa shape index (κ1) is 8.01. The highest BCUT2D eigenvalue weighted by Gasteiger charge is 2.12. The van der Waals surface area contributed by atoms with Crippen LogP contribution in [0.3, 0.4) is 0 Å². The Bertz CT molecular complexity index is 293. The van der Waals surface area contributed by atoms with Gasteiger partial charge in [0.2, 0.25) is 0 Å². The van der Waals surface area contributed by atoms with Crippen molar-refractivity contribution in [1.29, 1.82) is 0 Å². The van der Waals surface area contributed by atoms with Gasteiger partial charge in [0, 0.05) is 0 Å². The third kappa shape index (κ3) is 1.44. The van der Waals surface area contributed by atoms with E-state index in [1.165, 1.54) is 22.0 Å². The third-order valence-electron chi connectivity index (χ3n) is 2.34. The second-order valence-electron chi connectivity index (χ2n) is 3.49. The molecular formula is C11H13P. The molecule has 2 aliphatic carbocycles. The van der Waals surface area contributed by atoms with Crippen LogP contribution in [0.1, 0.15) is 19.8 Å². The minimum absolute atomic E-state index is 1.12. The smallest absolute Gasteiger partial charge is 0.00237 e. The highest BCUT2D eigenvalue weighted by Crippen LogP contribution is 2.33. The minimum Gasteiger partial charge on any atom is -0.110 e. The Morgan fingerprint density at radius 3 is 2.17 bits per heavy atom. The van der Waals surface area contributed by atoms with E-state index >= 15 is 0 Å². The zero-order valence-corrected chi connectivity index (χ0v) is 8.46. The van der Waals surface area contributed by atoms with Gasteiger partial charge in [-0.25, -0.2) is 0 Å². The lowest BCUT2D eigenvalue weighted by atomic mass is 10.0. The number of allylic oxidation sites excluding steroid dienone is 8. The Morgan fingerprint density at radius 1 is 1.00 bits per heavy atom. The predicted molar refractivity (Wildman–Crippen MR) is 57.0 cm³/mol. The molecule has 1 unspecified atom stereocenters. The van der Waals surface area contributed by atoms with Crippen LogP contribution in [-0.4, -0.2) is 0 Å². The molecule has 0 saturated heterocycles. The van der Waals surface area contributed by atoms with Crippen LogP contribution in [0, 0.1) is 0 Å². The normalized spacial score (nSPS) is 21.8. The zero-order chi connectivity index (χ0) is 8.55. The fourth-order valence-corrected chi connectivity index (χ4v) is 1.96. The fourth-order valence-electron chi connectivity index (χ4n) is 1.65. The third-order valence-corrected chi connectivity index (χ3v) is 2.74. The molecule has 0 aromatic rings. The van der Waals surface area contributed by atoms with Crippen molar-refractivity contribution >= 4 is 9.24 Å². The lowest BCUT2D eigenvalue weighted by Gasteiger charge is -2.03. The van der Waals surface area contributed by atoms with Gasteiger partial charge in [-0.1, -0.05) is 29.9 Å². The Balaban J connectivity index is 2.07. The van der Waals surface area contributed by atoms with Crippen molar-refractivity contribution < 1.29 is 0 Å². The van der Waals surface area contributed by atoms with Crippen molar-refractivity contribution in [2.24, 2.45) is 0 Å². The van der Waals surface area contributed by atoms with Gasteiger partial charge in [0.1, 0.15) is 0 Å². The summed E-state index contributed by atoms with van der Waals surface area (Å²) in [6.45, 7) is 2.19. The van der Waals surface area contributed by atoms with E-state index in [-0.39, 0.29) is 0 Å². The van der Waals surface area contributed by atoms with Crippen LogP contribution < -0.4 is 0 Å². The summed E-state index contributed by atoms with van der Waals surface area (Å²) in [5, 5.41) is 1.40. The summed E-state index contributed by atoms with van der Waals surface area (Å²) in [6, 6.07) is 0. The van der Waals surface area contributed by atoms with Gasteiger partial charge in [-0.3, -0.25) is 0 Å². The molecule has 0 aromatic heterocycles. The molecule has 1 atom stereocenters. The molecule has 0 aromatic carbocycles. The Hall–Kier alpha value is -0.610. The van der Waals surface area contributed by atoms with E-state index in [4.69, 9.17) is 0 Å². The summed E-state index contributed by atoms with van der Waals surface area (Å²) < 4.78 is 0. The van der Waals surface area contributed by atoms with E-state index in [2.05, 4.69) is 40.5 Å². The van der Waals surface area contributed by atoms with E-state index in [1.807, 2.05) is 0 Å². The lowest BCUT2D eigenvalue weighted by Crippen LogP contribution is -1.84. The summed E-state index contributed by atoms with van der Waals surface area (Å²) in [4.78, 5) is 0. The van der Waals surface area contributed by atoms with Gasteiger partial charge in [0.25, 0.3) is 0 Å². The first-order valence-corrected chi connectivity index (χ1v) is 4.85. The minimum atomic E-state index is 1.12. The van der Waals surface area contributed by atoms with E-state index in [9.17, 15) is 0 Å². The molecule has 0 nitrogen and oxygen atoms in total. The summed E-state index contributed by atoms with van der Waals surface area (Å²) in [6.07, 6.45) is 11.2.